The van der Waals surface area contributed by atoms with Gasteiger partial charge in [-0.3, -0.25) is 4.79 Å². The van der Waals surface area contributed by atoms with Crippen LogP contribution in [0.5, 0.6) is 23.0 Å². The number of nitrogens with one attached hydrogen (secondary N) is 1. The highest BCUT2D eigenvalue weighted by atomic mass is 16.6. The Hall–Kier alpha value is -4.27. The van der Waals surface area contributed by atoms with Gasteiger partial charge in [-0.25, -0.2) is 0 Å². The summed E-state index contributed by atoms with van der Waals surface area (Å²) in [7, 11) is 0. The number of carbonyl (C=O) groups excluding carboxylic acids is 1. The zero-order chi connectivity index (χ0) is 30.0. The number of rotatable bonds is 2. The van der Waals surface area contributed by atoms with Crippen molar-refractivity contribution >= 4 is 11.6 Å². The first-order valence-corrected chi connectivity index (χ1v) is 14.2. The van der Waals surface area contributed by atoms with E-state index >= 15 is 0 Å². The third-order valence-electron chi connectivity index (χ3n) is 6.05. The lowest BCUT2D eigenvalue weighted by atomic mass is 10.1. The summed E-state index contributed by atoms with van der Waals surface area (Å²) in [5.74, 6) is 4.48. The van der Waals surface area contributed by atoms with Crippen LogP contribution in [0.15, 0.2) is 66.7 Å². The SMILES string of the molecule is C#Cc1ccc(NC(=O)c2ccc3c(c2)OCCOCCOCCOc2ccccc2OCCOCCOCCO3)cc1. The molecular weight excluding hydrogens is 554 g/mol. The Morgan fingerprint density at radius 2 is 1.00 bits per heavy atom. The molecule has 0 atom stereocenters. The van der Waals surface area contributed by atoms with Crippen LogP contribution in [0.4, 0.5) is 5.69 Å². The zero-order valence-corrected chi connectivity index (χ0v) is 24.1. The van der Waals surface area contributed by atoms with E-state index in [4.69, 9.17) is 44.3 Å². The van der Waals surface area contributed by atoms with Gasteiger partial charge in [0.25, 0.3) is 5.91 Å². The predicted octanol–water partition coefficient (Wildman–Crippen LogP) is 4.22. The molecule has 43 heavy (non-hydrogen) atoms. The number of hydrogen-bond acceptors (Lipinski definition) is 9. The third-order valence-corrected chi connectivity index (χ3v) is 6.05. The summed E-state index contributed by atoms with van der Waals surface area (Å²) in [5.41, 5.74) is 1.77. The molecule has 1 aliphatic rings. The Labute approximate surface area is 252 Å². The molecule has 1 heterocycles. The van der Waals surface area contributed by atoms with E-state index in [1.165, 1.54) is 0 Å². The molecule has 10 nitrogen and oxygen atoms in total. The monoisotopic (exact) mass is 591 g/mol. The molecule has 3 aromatic carbocycles. The van der Waals surface area contributed by atoms with Gasteiger partial charge in [0.1, 0.15) is 26.4 Å². The Morgan fingerprint density at radius 3 is 1.49 bits per heavy atom. The molecule has 0 aromatic heterocycles. The van der Waals surface area contributed by atoms with E-state index < -0.39 is 0 Å². The fourth-order valence-corrected chi connectivity index (χ4v) is 3.91. The number of carbonyl (C=O) groups is 1. The van der Waals surface area contributed by atoms with Gasteiger partial charge >= 0.3 is 0 Å². The largest absolute Gasteiger partial charge is 0.487 e. The van der Waals surface area contributed by atoms with Crippen LogP contribution in [0, 0.1) is 12.3 Å². The number of ether oxygens (including phenoxy) is 8. The number of fused-ring (bicyclic) bond motifs is 2. The third kappa shape index (κ3) is 11.1. The summed E-state index contributed by atoms with van der Waals surface area (Å²) in [6, 6.07) is 19.5. The molecule has 0 aliphatic carbocycles. The normalized spacial score (nSPS) is 16.2. The highest BCUT2D eigenvalue weighted by Gasteiger charge is 2.13. The van der Waals surface area contributed by atoms with Crippen LogP contribution in [0.25, 0.3) is 0 Å². The minimum Gasteiger partial charge on any atom is -0.487 e. The minimum atomic E-state index is -0.292. The van der Waals surface area contributed by atoms with Crippen molar-refractivity contribution < 1.29 is 42.7 Å². The predicted molar refractivity (Wildman–Crippen MR) is 160 cm³/mol. The van der Waals surface area contributed by atoms with Gasteiger partial charge in [-0.05, 0) is 54.6 Å². The molecule has 3 aromatic rings. The maximum absolute atomic E-state index is 12.9. The van der Waals surface area contributed by atoms with Crippen LogP contribution in [0.3, 0.4) is 0 Å². The van der Waals surface area contributed by atoms with Crippen molar-refractivity contribution in [1.29, 1.82) is 0 Å². The summed E-state index contributed by atoms with van der Waals surface area (Å²) in [5, 5.41) is 2.86. The summed E-state index contributed by atoms with van der Waals surface area (Å²) >= 11 is 0. The van der Waals surface area contributed by atoms with Crippen molar-refractivity contribution in [2.24, 2.45) is 0 Å². The topological polar surface area (TPSA) is 103 Å². The van der Waals surface area contributed by atoms with Crippen LogP contribution < -0.4 is 24.3 Å². The van der Waals surface area contributed by atoms with Gasteiger partial charge in [0.2, 0.25) is 0 Å². The van der Waals surface area contributed by atoms with Gasteiger partial charge in [-0.2, -0.15) is 0 Å². The van der Waals surface area contributed by atoms with Gasteiger partial charge in [-0.15, -0.1) is 6.42 Å². The summed E-state index contributed by atoms with van der Waals surface area (Å²) in [6.45, 7) is 4.42. The molecule has 0 saturated carbocycles. The molecule has 0 spiro atoms. The second kappa shape index (κ2) is 18.3. The molecule has 0 unspecified atom stereocenters. The Kier molecular flexibility index (Phi) is 13.5. The van der Waals surface area contributed by atoms with Gasteiger partial charge in [-0.1, -0.05) is 18.1 Å². The second-order valence-corrected chi connectivity index (χ2v) is 9.13. The van der Waals surface area contributed by atoms with E-state index in [2.05, 4.69) is 11.2 Å². The first-order chi connectivity index (χ1) is 21.2. The molecule has 1 amide bonds. The number of terminal acetylenes is 1. The van der Waals surface area contributed by atoms with Crippen LogP contribution in [-0.4, -0.2) is 85.2 Å². The second-order valence-electron chi connectivity index (χ2n) is 9.13. The maximum Gasteiger partial charge on any atom is 0.255 e. The van der Waals surface area contributed by atoms with E-state index in [1.807, 2.05) is 24.3 Å². The highest BCUT2D eigenvalue weighted by molar-refractivity contribution is 6.04. The lowest BCUT2D eigenvalue weighted by molar-refractivity contribution is 0.0223. The lowest BCUT2D eigenvalue weighted by Crippen LogP contribution is -2.16. The number of benzene rings is 3. The van der Waals surface area contributed by atoms with Gasteiger partial charge in [0.05, 0.1) is 52.9 Å². The number of para-hydroxylation sites is 2. The maximum atomic E-state index is 12.9. The average Bonchev–Trinajstić information content (AvgIpc) is 3.03. The Balaban J connectivity index is 1.31. The number of amides is 1. The Morgan fingerprint density at radius 1 is 0.558 bits per heavy atom. The molecule has 0 saturated heterocycles. The standard InChI is InChI=1S/C33H37NO9/c1-2-26-7-10-28(11-8-26)34-33(35)27-9-12-31-32(25-27)43-24-20-39-16-15-37-18-22-41-30-6-4-3-5-29(30)40-21-17-36-13-14-38-19-23-42-31/h1,3-12,25H,13-24H2,(H,34,35). The number of anilines is 1. The molecule has 1 N–H and O–H groups in total. The fourth-order valence-electron chi connectivity index (χ4n) is 3.91. The van der Waals surface area contributed by atoms with Gasteiger partial charge in [0, 0.05) is 16.8 Å². The lowest BCUT2D eigenvalue weighted by Gasteiger charge is -2.15. The van der Waals surface area contributed by atoms with Crippen molar-refractivity contribution in [1.82, 2.24) is 0 Å². The summed E-state index contributed by atoms with van der Waals surface area (Å²) < 4.78 is 45.9. The zero-order valence-electron chi connectivity index (χ0n) is 24.1. The van der Waals surface area contributed by atoms with Gasteiger partial charge < -0.3 is 43.2 Å². The van der Waals surface area contributed by atoms with Crippen molar-refractivity contribution in [2.45, 2.75) is 0 Å². The molecule has 0 fully saturated rings. The minimum absolute atomic E-state index is 0.253. The van der Waals surface area contributed by atoms with Crippen molar-refractivity contribution in [3.8, 4) is 35.3 Å². The van der Waals surface area contributed by atoms with Gasteiger partial charge in [0.15, 0.2) is 23.0 Å². The smallest absolute Gasteiger partial charge is 0.255 e. The van der Waals surface area contributed by atoms with E-state index in [-0.39, 0.29) is 19.1 Å². The molecule has 228 valence electrons. The molecule has 0 radical (unpaired) electrons. The quantitative estimate of drug-likeness (QED) is 0.439. The summed E-state index contributed by atoms with van der Waals surface area (Å²) in [6.07, 6.45) is 5.41. The van der Waals surface area contributed by atoms with Crippen molar-refractivity contribution in [3.63, 3.8) is 0 Å². The average molecular weight is 592 g/mol. The van der Waals surface area contributed by atoms with E-state index in [0.717, 1.165) is 5.56 Å². The van der Waals surface area contributed by atoms with E-state index in [9.17, 15) is 4.79 Å². The first kappa shape index (κ1) is 31.7. The van der Waals surface area contributed by atoms with Crippen LogP contribution in [0.1, 0.15) is 15.9 Å². The van der Waals surface area contributed by atoms with Crippen LogP contribution >= 0.6 is 0 Å². The molecular formula is C33H37NO9. The van der Waals surface area contributed by atoms with E-state index in [1.54, 1.807) is 42.5 Å². The fraction of sp³-hybridized carbons (Fsp3) is 0.364. The first-order valence-electron chi connectivity index (χ1n) is 14.2. The van der Waals surface area contributed by atoms with E-state index in [0.29, 0.717) is 100 Å². The Bertz CT molecular complexity index is 1310. The van der Waals surface area contributed by atoms with Crippen LogP contribution in [-0.2, 0) is 18.9 Å². The van der Waals surface area contributed by atoms with Crippen molar-refractivity contribution in [2.75, 3.05) is 84.6 Å². The molecule has 0 bridgehead atoms. The van der Waals surface area contributed by atoms with Crippen molar-refractivity contribution in [3.05, 3.63) is 77.9 Å². The summed E-state index contributed by atoms with van der Waals surface area (Å²) in [4.78, 5) is 12.9. The molecule has 1 aliphatic heterocycles. The highest BCUT2D eigenvalue weighted by Crippen LogP contribution is 2.29. The molecule has 10 heteroatoms. The number of hydrogen-bond donors (Lipinski definition) is 1. The molecule has 4 rings (SSSR count). The van der Waals surface area contributed by atoms with Crippen LogP contribution in [0.2, 0.25) is 0 Å².